The molecule has 0 aliphatic carbocycles. The van der Waals surface area contributed by atoms with Crippen molar-refractivity contribution in [1.29, 1.82) is 0 Å². The summed E-state index contributed by atoms with van der Waals surface area (Å²) >= 11 is 2.57. The molecule has 0 amide bonds. The highest BCUT2D eigenvalue weighted by atomic mass is 32.2. The summed E-state index contributed by atoms with van der Waals surface area (Å²) in [5, 5.41) is 19.0. The smallest absolute Gasteiger partial charge is 0.480 e. The van der Waals surface area contributed by atoms with Gasteiger partial charge >= 0.3 is 12.3 Å². The molecule has 3 aromatic rings. The second-order valence-corrected chi connectivity index (χ2v) is 9.68. The van der Waals surface area contributed by atoms with Gasteiger partial charge in [-0.15, -0.1) is 34.7 Å². The summed E-state index contributed by atoms with van der Waals surface area (Å²) in [6.45, 7) is 3.54. The summed E-state index contributed by atoms with van der Waals surface area (Å²) in [5.41, 5.74) is 1.83. The van der Waals surface area contributed by atoms with E-state index in [9.17, 15) is 23.1 Å². The quantitative estimate of drug-likeness (QED) is 0.420. The largest absolute Gasteiger partial charge is 0.573 e. The van der Waals surface area contributed by atoms with E-state index in [2.05, 4.69) is 19.9 Å². The molecule has 1 aromatic carbocycles. The predicted octanol–water partition coefficient (Wildman–Crippen LogP) is 5.08. The number of ether oxygens (including phenoxy) is 2. The van der Waals surface area contributed by atoms with Crippen molar-refractivity contribution in [2.24, 2.45) is 0 Å². The lowest BCUT2D eigenvalue weighted by molar-refractivity contribution is -0.274. The van der Waals surface area contributed by atoms with Crippen LogP contribution in [-0.4, -0.2) is 44.0 Å². The number of nitrogens with zero attached hydrogens (tertiary/aromatic N) is 3. The SMILES string of the molecule is CC(C)(Sc1nc(CCOc2ccc(-c3ccc(OC(F)(F)F)cc3)nn2)cs1)C(=O)O. The van der Waals surface area contributed by atoms with Crippen LogP contribution in [0.25, 0.3) is 11.3 Å². The number of carboxylic acids is 1. The maximum atomic E-state index is 12.2. The predicted molar refractivity (Wildman–Crippen MR) is 113 cm³/mol. The fourth-order valence-corrected chi connectivity index (χ4v) is 4.58. The molecule has 7 nitrogen and oxygen atoms in total. The number of aromatic nitrogens is 3. The third kappa shape index (κ3) is 6.82. The van der Waals surface area contributed by atoms with Crippen LogP contribution in [0.5, 0.6) is 11.6 Å². The van der Waals surface area contributed by atoms with Crippen molar-refractivity contribution in [2.45, 2.75) is 35.7 Å². The Kier molecular flexibility index (Phi) is 7.24. The number of hydrogen-bond donors (Lipinski definition) is 1. The number of benzene rings is 1. The van der Waals surface area contributed by atoms with Crippen molar-refractivity contribution in [3.8, 4) is 22.9 Å². The molecule has 0 bridgehead atoms. The zero-order valence-electron chi connectivity index (χ0n) is 16.9. The van der Waals surface area contributed by atoms with E-state index >= 15 is 0 Å². The fraction of sp³-hybridized carbons (Fsp3) is 0.300. The van der Waals surface area contributed by atoms with Crippen molar-refractivity contribution in [3.05, 3.63) is 47.5 Å². The van der Waals surface area contributed by atoms with Gasteiger partial charge < -0.3 is 14.6 Å². The van der Waals surface area contributed by atoms with Gasteiger partial charge in [0, 0.05) is 23.4 Å². The van der Waals surface area contributed by atoms with Crippen molar-refractivity contribution in [1.82, 2.24) is 15.2 Å². The summed E-state index contributed by atoms with van der Waals surface area (Å²) in [7, 11) is 0. The Bertz CT molecular complexity index is 1060. The first-order chi connectivity index (χ1) is 15.0. The number of hydrogen-bond acceptors (Lipinski definition) is 8. The zero-order valence-corrected chi connectivity index (χ0v) is 18.6. The van der Waals surface area contributed by atoms with E-state index < -0.39 is 17.1 Å². The lowest BCUT2D eigenvalue weighted by atomic mass is 10.1. The highest BCUT2D eigenvalue weighted by molar-refractivity contribution is 8.02. The summed E-state index contributed by atoms with van der Waals surface area (Å²) < 4.78 is 45.8. The average molecular weight is 486 g/mol. The minimum absolute atomic E-state index is 0.294. The summed E-state index contributed by atoms with van der Waals surface area (Å²) in [4.78, 5) is 15.6. The molecule has 0 saturated carbocycles. The molecule has 0 aliphatic rings. The third-order valence-electron chi connectivity index (χ3n) is 4.02. The van der Waals surface area contributed by atoms with E-state index in [-0.39, 0.29) is 5.75 Å². The monoisotopic (exact) mass is 485 g/mol. The van der Waals surface area contributed by atoms with E-state index in [0.29, 0.717) is 34.5 Å². The van der Waals surface area contributed by atoms with E-state index in [4.69, 9.17) is 4.74 Å². The van der Waals surface area contributed by atoms with Crippen LogP contribution >= 0.6 is 23.1 Å². The highest BCUT2D eigenvalue weighted by Crippen LogP contribution is 2.34. The Labute approximate surface area is 189 Å². The standard InChI is InChI=1S/C20H18F3N3O4S2/c1-19(2,17(27)28)32-18-24-13(11-31-18)9-10-29-16-8-7-15(25-26-16)12-3-5-14(6-4-12)30-20(21,22)23/h3-8,11H,9-10H2,1-2H3,(H,27,28). The van der Waals surface area contributed by atoms with E-state index in [1.807, 2.05) is 5.38 Å². The molecule has 0 fully saturated rings. The second-order valence-electron chi connectivity index (χ2n) is 6.95. The molecule has 12 heteroatoms. The van der Waals surface area contributed by atoms with Crippen molar-refractivity contribution in [3.63, 3.8) is 0 Å². The highest BCUT2D eigenvalue weighted by Gasteiger charge is 2.31. The van der Waals surface area contributed by atoms with Gasteiger partial charge in [-0.25, -0.2) is 4.98 Å². The van der Waals surface area contributed by atoms with Gasteiger partial charge in [0.05, 0.1) is 18.0 Å². The number of carboxylic acid groups (broad SMARTS) is 1. The van der Waals surface area contributed by atoms with Crippen molar-refractivity contribution < 1.29 is 32.5 Å². The molecule has 3 rings (SSSR count). The van der Waals surface area contributed by atoms with Gasteiger partial charge in [0.2, 0.25) is 5.88 Å². The summed E-state index contributed by atoms with van der Waals surface area (Å²) in [6, 6.07) is 8.57. The number of rotatable bonds is 9. The molecule has 0 unspecified atom stereocenters. The van der Waals surface area contributed by atoms with Crippen LogP contribution in [0.2, 0.25) is 0 Å². The van der Waals surface area contributed by atoms with E-state index in [0.717, 1.165) is 5.69 Å². The lowest BCUT2D eigenvalue weighted by Crippen LogP contribution is -2.26. The number of aliphatic carboxylic acids is 1. The molecule has 170 valence electrons. The molecule has 0 atom stereocenters. The van der Waals surface area contributed by atoms with Gasteiger partial charge in [-0.3, -0.25) is 4.79 Å². The molecular weight excluding hydrogens is 467 g/mol. The summed E-state index contributed by atoms with van der Waals surface area (Å²) in [6.07, 6.45) is -4.23. The maximum absolute atomic E-state index is 12.2. The van der Waals surface area contributed by atoms with Gasteiger partial charge in [-0.05, 0) is 44.2 Å². The van der Waals surface area contributed by atoms with E-state index in [1.54, 1.807) is 26.0 Å². The van der Waals surface area contributed by atoms with Crippen LogP contribution in [0.15, 0.2) is 46.1 Å². The van der Waals surface area contributed by atoms with E-state index in [1.165, 1.54) is 47.4 Å². The molecule has 0 spiro atoms. The zero-order chi connectivity index (χ0) is 23.4. The van der Waals surface area contributed by atoms with Crippen LogP contribution in [0, 0.1) is 0 Å². The first-order valence-electron chi connectivity index (χ1n) is 9.21. The van der Waals surface area contributed by atoms with Gasteiger partial charge in [0.25, 0.3) is 0 Å². The van der Waals surface area contributed by atoms with Gasteiger partial charge in [0.1, 0.15) is 10.5 Å². The fourth-order valence-electron chi connectivity index (χ4n) is 2.35. The molecular formula is C20H18F3N3O4S2. The molecule has 1 N–H and O–H groups in total. The van der Waals surface area contributed by atoms with Gasteiger partial charge in [-0.1, -0.05) is 11.8 Å². The molecule has 0 radical (unpaired) electrons. The van der Waals surface area contributed by atoms with Crippen LogP contribution in [-0.2, 0) is 11.2 Å². The minimum atomic E-state index is -4.74. The van der Waals surface area contributed by atoms with Gasteiger partial charge in [0.15, 0.2) is 4.34 Å². The van der Waals surface area contributed by atoms with Crippen LogP contribution in [0.4, 0.5) is 13.2 Å². The maximum Gasteiger partial charge on any atom is 0.573 e. The Hall–Kier alpha value is -2.86. The van der Waals surface area contributed by atoms with Crippen molar-refractivity contribution in [2.75, 3.05) is 6.61 Å². The number of thiazole rings is 1. The molecule has 0 aliphatic heterocycles. The summed E-state index contributed by atoms with van der Waals surface area (Å²) in [5.74, 6) is -0.929. The second kappa shape index (κ2) is 9.74. The topological polar surface area (TPSA) is 94.4 Å². The Morgan fingerprint density at radius 3 is 2.44 bits per heavy atom. The van der Waals surface area contributed by atoms with Crippen molar-refractivity contribution >= 4 is 29.1 Å². The van der Waals surface area contributed by atoms with Crippen LogP contribution < -0.4 is 9.47 Å². The first kappa shape index (κ1) is 23.8. The molecule has 2 aromatic heterocycles. The van der Waals surface area contributed by atoms with Crippen LogP contribution in [0.1, 0.15) is 19.5 Å². The molecule has 32 heavy (non-hydrogen) atoms. The number of alkyl halides is 3. The minimum Gasteiger partial charge on any atom is -0.480 e. The Morgan fingerprint density at radius 1 is 1.12 bits per heavy atom. The number of thioether (sulfide) groups is 1. The molecule has 0 saturated heterocycles. The van der Waals surface area contributed by atoms with Gasteiger partial charge in [-0.2, -0.15) is 0 Å². The Morgan fingerprint density at radius 2 is 1.84 bits per heavy atom. The number of carbonyl (C=O) groups is 1. The lowest BCUT2D eigenvalue weighted by Gasteiger charge is -2.15. The molecule has 2 heterocycles. The average Bonchev–Trinajstić information content (AvgIpc) is 3.14. The van der Waals surface area contributed by atoms with Crippen LogP contribution in [0.3, 0.4) is 0 Å². The third-order valence-corrected chi connectivity index (χ3v) is 6.19. The Balaban J connectivity index is 1.51. The number of halogens is 3. The first-order valence-corrected chi connectivity index (χ1v) is 10.9. The normalized spacial score (nSPS) is 11.9.